The number of hydrogen-bond donors (Lipinski definition) is 1. The Labute approximate surface area is 123 Å². The first-order chi connectivity index (χ1) is 10.2. The molecule has 0 aliphatic heterocycles. The highest BCUT2D eigenvalue weighted by Gasteiger charge is 2.11. The fourth-order valence-electron chi connectivity index (χ4n) is 1.85. The lowest BCUT2D eigenvalue weighted by molar-refractivity contribution is 0.398. The van der Waals surface area contributed by atoms with Gasteiger partial charge in [0.25, 0.3) is 5.88 Å². The molecule has 112 valence electrons. The predicted octanol–water partition coefficient (Wildman–Crippen LogP) is 3.52. The van der Waals surface area contributed by atoms with E-state index in [0.717, 1.165) is 13.0 Å². The summed E-state index contributed by atoms with van der Waals surface area (Å²) in [4.78, 5) is 3.95. The summed E-state index contributed by atoms with van der Waals surface area (Å²) in [5.74, 6) is 0.663. The molecule has 2 aromatic rings. The lowest BCUT2D eigenvalue weighted by Crippen LogP contribution is -2.15. The molecule has 0 bridgehead atoms. The minimum Gasteiger partial charge on any atom is -0.497 e. The van der Waals surface area contributed by atoms with Gasteiger partial charge in [-0.05, 0) is 31.2 Å². The summed E-state index contributed by atoms with van der Waals surface area (Å²) < 4.78 is 24.9. The van der Waals surface area contributed by atoms with Crippen molar-refractivity contribution in [2.24, 2.45) is 0 Å². The second kappa shape index (κ2) is 7.59. The molecule has 0 aliphatic carbocycles. The van der Waals surface area contributed by atoms with E-state index in [2.05, 4.69) is 17.2 Å². The molecular formula is C16H19FN2O2. The quantitative estimate of drug-likeness (QED) is 0.792. The lowest BCUT2D eigenvalue weighted by Gasteiger charge is -2.10. The smallest absolute Gasteiger partial charge is 0.256 e. The third-order valence-corrected chi connectivity index (χ3v) is 2.94. The van der Waals surface area contributed by atoms with Crippen LogP contribution in [0.4, 0.5) is 4.39 Å². The number of ether oxygens (including phenoxy) is 2. The average molecular weight is 290 g/mol. The van der Waals surface area contributed by atoms with Crippen LogP contribution in [0.25, 0.3) is 0 Å². The SMILES string of the molecule is CCCNCc1ccnc(Oc2cccc(OC)c2)c1F. The Balaban J connectivity index is 2.14. The van der Waals surface area contributed by atoms with E-state index in [1.807, 2.05) is 0 Å². The van der Waals surface area contributed by atoms with Crippen molar-refractivity contribution in [3.05, 3.63) is 47.9 Å². The van der Waals surface area contributed by atoms with Gasteiger partial charge in [0, 0.05) is 24.4 Å². The first-order valence-electron chi connectivity index (χ1n) is 6.90. The zero-order chi connectivity index (χ0) is 15.1. The highest BCUT2D eigenvalue weighted by molar-refractivity contribution is 5.36. The van der Waals surface area contributed by atoms with Crippen LogP contribution < -0.4 is 14.8 Å². The molecule has 0 unspecified atom stereocenters. The van der Waals surface area contributed by atoms with E-state index >= 15 is 0 Å². The molecule has 21 heavy (non-hydrogen) atoms. The fraction of sp³-hybridized carbons (Fsp3) is 0.312. The summed E-state index contributed by atoms with van der Waals surface area (Å²) in [6, 6.07) is 8.63. The second-order valence-corrected chi connectivity index (χ2v) is 4.55. The molecule has 1 N–H and O–H groups in total. The standard InChI is InChI=1S/C16H19FN2O2/c1-3-8-18-11-12-7-9-19-16(15(12)17)21-14-6-4-5-13(10-14)20-2/h4-7,9-10,18H,3,8,11H2,1-2H3. The van der Waals surface area contributed by atoms with Gasteiger partial charge in [-0.25, -0.2) is 9.37 Å². The van der Waals surface area contributed by atoms with Gasteiger partial charge >= 0.3 is 0 Å². The van der Waals surface area contributed by atoms with Crippen molar-refractivity contribution in [1.82, 2.24) is 10.3 Å². The van der Waals surface area contributed by atoms with Crippen LogP contribution in [0, 0.1) is 5.82 Å². The van der Waals surface area contributed by atoms with Crippen molar-refractivity contribution >= 4 is 0 Å². The molecule has 0 aliphatic rings. The highest BCUT2D eigenvalue weighted by atomic mass is 19.1. The molecule has 0 fully saturated rings. The monoisotopic (exact) mass is 290 g/mol. The maximum absolute atomic E-state index is 14.3. The Hall–Kier alpha value is -2.14. The maximum atomic E-state index is 14.3. The largest absolute Gasteiger partial charge is 0.497 e. The van der Waals surface area contributed by atoms with Crippen molar-refractivity contribution in [2.45, 2.75) is 19.9 Å². The van der Waals surface area contributed by atoms with Crippen LogP contribution in [0.1, 0.15) is 18.9 Å². The molecule has 0 amide bonds. The number of pyridine rings is 1. The minimum atomic E-state index is -0.441. The highest BCUT2D eigenvalue weighted by Crippen LogP contribution is 2.26. The molecule has 0 saturated heterocycles. The van der Waals surface area contributed by atoms with Crippen LogP contribution in [0.15, 0.2) is 36.5 Å². The number of aromatic nitrogens is 1. The van der Waals surface area contributed by atoms with Gasteiger partial charge in [-0.3, -0.25) is 0 Å². The van der Waals surface area contributed by atoms with E-state index in [1.165, 1.54) is 0 Å². The maximum Gasteiger partial charge on any atom is 0.256 e. The second-order valence-electron chi connectivity index (χ2n) is 4.55. The summed E-state index contributed by atoms with van der Waals surface area (Å²) in [6.45, 7) is 3.36. The number of nitrogens with zero attached hydrogens (tertiary/aromatic N) is 1. The van der Waals surface area contributed by atoms with E-state index in [-0.39, 0.29) is 5.88 Å². The molecule has 0 saturated carbocycles. The molecule has 0 atom stereocenters. The van der Waals surface area contributed by atoms with Gasteiger partial charge in [0.2, 0.25) is 0 Å². The lowest BCUT2D eigenvalue weighted by atomic mass is 10.2. The van der Waals surface area contributed by atoms with Gasteiger partial charge in [-0.1, -0.05) is 13.0 Å². The molecule has 0 spiro atoms. The Morgan fingerprint density at radius 1 is 1.24 bits per heavy atom. The molecule has 5 heteroatoms. The van der Waals surface area contributed by atoms with Crippen molar-refractivity contribution in [3.63, 3.8) is 0 Å². The summed E-state index contributed by atoms with van der Waals surface area (Å²) in [7, 11) is 1.57. The zero-order valence-electron chi connectivity index (χ0n) is 12.2. The molecule has 1 aromatic carbocycles. The summed E-state index contributed by atoms with van der Waals surface area (Å²) in [5.41, 5.74) is 0.538. The molecule has 1 aromatic heterocycles. The topological polar surface area (TPSA) is 43.4 Å². The Morgan fingerprint density at radius 3 is 2.81 bits per heavy atom. The van der Waals surface area contributed by atoms with Crippen LogP contribution in [-0.2, 0) is 6.54 Å². The van der Waals surface area contributed by atoms with Crippen molar-refractivity contribution in [2.75, 3.05) is 13.7 Å². The van der Waals surface area contributed by atoms with Gasteiger partial charge < -0.3 is 14.8 Å². The molecule has 0 radical (unpaired) electrons. The number of hydrogen-bond acceptors (Lipinski definition) is 4. The Morgan fingerprint density at radius 2 is 2.05 bits per heavy atom. The van der Waals surface area contributed by atoms with Crippen LogP contribution >= 0.6 is 0 Å². The van der Waals surface area contributed by atoms with Gasteiger partial charge in [0.05, 0.1) is 7.11 Å². The van der Waals surface area contributed by atoms with Crippen LogP contribution in [0.3, 0.4) is 0 Å². The van der Waals surface area contributed by atoms with E-state index in [1.54, 1.807) is 43.6 Å². The fourth-order valence-corrected chi connectivity index (χ4v) is 1.85. The van der Waals surface area contributed by atoms with Crippen molar-refractivity contribution in [3.8, 4) is 17.4 Å². The van der Waals surface area contributed by atoms with E-state index in [4.69, 9.17) is 9.47 Å². The number of benzene rings is 1. The number of methoxy groups -OCH3 is 1. The molecule has 4 nitrogen and oxygen atoms in total. The third-order valence-electron chi connectivity index (χ3n) is 2.94. The van der Waals surface area contributed by atoms with Crippen LogP contribution in [0.2, 0.25) is 0 Å². The normalized spacial score (nSPS) is 10.4. The third kappa shape index (κ3) is 4.16. The summed E-state index contributed by atoms with van der Waals surface area (Å²) in [5, 5.41) is 3.16. The average Bonchev–Trinajstić information content (AvgIpc) is 2.51. The van der Waals surface area contributed by atoms with Crippen molar-refractivity contribution < 1.29 is 13.9 Å². The first-order valence-corrected chi connectivity index (χ1v) is 6.90. The molecule has 2 rings (SSSR count). The predicted molar refractivity (Wildman–Crippen MR) is 79.3 cm³/mol. The summed E-state index contributed by atoms with van der Waals surface area (Å²) in [6.07, 6.45) is 2.54. The number of halogens is 1. The van der Waals surface area contributed by atoms with E-state index in [9.17, 15) is 4.39 Å². The van der Waals surface area contributed by atoms with E-state index in [0.29, 0.717) is 23.6 Å². The number of rotatable bonds is 7. The minimum absolute atomic E-state index is 0.0287. The van der Waals surface area contributed by atoms with Gasteiger partial charge in [-0.15, -0.1) is 0 Å². The van der Waals surface area contributed by atoms with Gasteiger partial charge in [0.15, 0.2) is 5.82 Å². The zero-order valence-corrected chi connectivity index (χ0v) is 12.2. The molecule has 1 heterocycles. The first kappa shape index (κ1) is 15.3. The molecular weight excluding hydrogens is 271 g/mol. The number of nitrogens with one attached hydrogen (secondary N) is 1. The van der Waals surface area contributed by atoms with Gasteiger partial charge in [-0.2, -0.15) is 0 Å². The van der Waals surface area contributed by atoms with E-state index < -0.39 is 5.82 Å². The van der Waals surface area contributed by atoms with Crippen LogP contribution in [0.5, 0.6) is 17.4 Å². The van der Waals surface area contributed by atoms with Crippen molar-refractivity contribution in [1.29, 1.82) is 0 Å². The Bertz CT molecular complexity index is 590. The summed E-state index contributed by atoms with van der Waals surface area (Å²) >= 11 is 0. The van der Waals surface area contributed by atoms with Gasteiger partial charge in [0.1, 0.15) is 11.5 Å². The Kier molecular flexibility index (Phi) is 5.51. The van der Waals surface area contributed by atoms with Crippen LogP contribution in [-0.4, -0.2) is 18.6 Å².